The Morgan fingerprint density at radius 2 is 2.05 bits per heavy atom. The third-order valence-corrected chi connectivity index (χ3v) is 4.63. The van der Waals surface area contributed by atoms with Crippen LogP contribution < -0.4 is 4.72 Å². The molecule has 1 rings (SSSR count). The molecule has 3 nitrogen and oxygen atoms in total. The van der Waals surface area contributed by atoms with Crippen molar-refractivity contribution >= 4 is 10.0 Å². The van der Waals surface area contributed by atoms with Gasteiger partial charge in [0.2, 0.25) is 10.0 Å². The highest BCUT2D eigenvalue weighted by molar-refractivity contribution is 7.89. The summed E-state index contributed by atoms with van der Waals surface area (Å²) in [6.07, 6.45) is 4.15. The first kappa shape index (κ1) is 16.1. The fourth-order valence-electron chi connectivity index (χ4n) is 1.89. The zero-order valence-corrected chi connectivity index (χ0v) is 12.3. The summed E-state index contributed by atoms with van der Waals surface area (Å²) in [6, 6.07) is 5.07. The summed E-state index contributed by atoms with van der Waals surface area (Å²) in [5.41, 5.74) is 0. The first-order valence-electron chi connectivity index (χ1n) is 6.74. The highest BCUT2D eigenvalue weighted by Gasteiger charge is 2.16. The van der Waals surface area contributed by atoms with Gasteiger partial charge < -0.3 is 0 Å². The molecule has 0 unspecified atom stereocenters. The largest absolute Gasteiger partial charge is 0.240 e. The molecule has 1 aromatic rings. The van der Waals surface area contributed by atoms with Gasteiger partial charge in [-0.15, -0.1) is 0 Å². The predicted octanol–water partition coefficient (Wildman–Crippen LogP) is 3.32. The summed E-state index contributed by atoms with van der Waals surface area (Å²) in [4.78, 5) is -0.0159. The van der Waals surface area contributed by atoms with Crippen molar-refractivity contribution in [2.24, 2.45) is 5.92 Å². The molecule has 0 saturated carbocycles. The molecule has 1 atom stereocenters. The average Bonchev–Trinajstić information content (AvgIpc) is 2.39. The summed E-state index contributed by atoms with van der Waals surface area (Å²) < 4.78 is 39.6. The van der Waals surface area contributed by atoms with Crippen molar-refractivity contribution in [3.05, 3.63) is 30.1 Å². The normalized spacial score (nSPS) is 13.4. The van der Waals surface area contributed by atoms with E-state index < -0.39 is 15.8 Å². The molecule has 0 heterocycles. The van der Waals surface area contributed by atoms with E-state index in [1.54, 1.807) is 0 Å². The Morgan fingerprint density at radius 3 is 2.63 bits per heavy atom. The minimum Gasteiger partial charge on any atom is -0.211 e. The van der Waals surface area contributed by atoms with Gasteiger partial charge >= 0.3 is 0 Å². The third-order valence-electron chi connectivity index (χ3n) is 3.21. The van der Waals surface area contributed by atoms with Gasteiger partial charge in [-0.3, -0.25) is 0 Å². The number of rotatable bonds is 8. The van der Waals surface area contributed by atoms with Crippen LogP contribution in [0.4, 0.5) is 4.39 Å². The monoisotopic (exact) mass is 287 g/mol. The second kappa shape index (κ2) is 7.60. The Bertz CT molecular complexity index is 488. The van der Waals surface area contributed by atoms with Crippen molar-refractivity contribution < 1.29 is 12.8 Å². The fraction of sp³-hybridized carbons (Fsp3) is 0.571. The SMILES string of the molecule is CCCC[C@@H](CC)CNS(=O)(=O)c1cccc(F)c1. The molecule has 0 spiro atoms. The van der Waals surface area contributed by atoms with E-state index in [4.69, 9.17) is 0 Å². The molecule has 0 aliphatic heterocycles. The van der Waals surface area contributed by atoms with Crippen LogP contribution in [0.1, 0.15) is 39.5 Å². The van der Waals surface area contributed by atoms with E-state index in [2.05, 4.69) is 18.6 Å². The van der Waals surface area contributed by atoms with Crippen molar-refractivity contribution in [1.29, 1.82) is 0 Å². The van der Waals surface area contributed by atoms with Gasteiger partial charge in [0, 0.05) is 6.54 Å². The first-order valence-corrected chi connectivity index (χ1v) is 8.23. The van der Waals surface area contributed by atoms with Crippen molar-refractivity contribution in [3.8, 4) is 0 Å². The highest BCUT2D eigenvalue weighted by Crippen LogP contribution is 2.14. The molecule has 0 aromatic heterocycles. The first-order chi connectivity index (χ1) is 8.99. The number of hydrogen-bond acceptors (Lipinski definition) is 2. The van der Waals surface area contributed by atoms with Crippen LogP contribution in [-0.4, -0.2) is 15.0 Å². The molecule has 0 aliphatic rings. The van der Waals surface area contributed by atoms with Gasteiger partial charge in [-0.1, -0.05) is 39.2 Å². The standard InChI is InChI=1S/C14H22FNO2S/c1-3-5-7-12(4-2)11-16-19(17,18)14-9-6-8-13(15)10-14/h6,8-10,12,16H,3-5,7,11H2,1-2H3/t12-/m1/s1. The Balaban J connectivity index is 2.64. The number of nitrogens with one attached hydrogen (secondary N) is 1. The van der Waals surface area contributed by atoms with E-state index in [1.807, 2.05) is 0 Å². The molecular weight excluding hydrogens is 265 g/mol. The Kier molecular flexibility index (Phi) is 6.45. The van der Waals surface area contributed by atoms with Gasteiger partial charge in [0.05, 0.1) is 4.90 Å². The Morgan fingerprint density at radius 1 is 1.32 bits per heavy atom. The molecule has 1 N–H and O–H groups in total. The van der Waals surface area contributed by atoms with Gasteiger partial charge in [0.15, 0.2) is 0 Å². The van der Waals surface area contributed by atoms with Crippen LogP contribution in [0.3, 0.4) is 0 Å². The van der Waals surface area contributed by atoms with Crippen LogP contribution >= 0.6 is 0 Å². The van der Waals surface area contributed by atoms with E-state index in [-0.39, 0.29) is 4.90 Å². The van der Waals surface area contributed by atoms with Gasteiger partial charge in [0.1, 0.15) is 5.82 Å². The molecule has 19 heavy (non-hydrogen) atoms. The van der Waals surface area contributed by atoms with Gasteiger partial charge in [-0.05, 0) is 30.5 Å². The summed E-state index contributed by atoms with van der Waals surface area (Å²) in [6.45, 7) is 4.58. The number of halogens is 1. The molecule has 0 saturated heterocycles. The highest BCUT2D eigenvalue weighted by atomic mass is 32.2. The van der Waals surface area contributed by atoms with Crippen LogP contribution in [0.15, 0.2) is 29.2 Å². The molecule has 5 heteroatoms. The maximum Gasteiger partial charge on any atom is 0.240 e. The maximum absolute atomic E-state index is 13.0. The lowest BCUT2D eigenvalue weighted by Crippen LogP contribution is -2.29. The van der Waals surface area contributed by atoms with E-state index in [9.17, 15) is 12.8 Å². The van der Waals surface area contributed by atoms with Crippen LogP contribution in [0.25, 0.3) is 0 Å². The summed E-state index contributed by atoms with van der Waals surface area (Å²) in [7, 11) is -3.60. The number of unbranched alkanes of at least 4 members (excludes halogenated alkanes) is 1. The lowest BCUT2D eigenvalue weighted by molar-refractivity contribution is 0.443. The smallest absolute Gasteiger partial charge is 0.211 e. The quantitative estimate of drug-likeness (QED) is 0.797. The molecule has 1 aromatic carbocycles. The number of benzene rings is 1. The zero-order chi connectivity index (χ0) is 14.3. The van der Waals surface area contributed by atoms with Crippen molar-refractivity contribution in [3.63, 3.8) is 0 Å². The van der Waals surface area contributed by atoms with Crippen LogP contribution in [0.5, 0.6) is 0 Å². The lowest BCUT2D eigenvalue weighted by atomic mass is 10.00. The van der Waals surface area contributed by atoms with E-state index >= 15 is 0 Å². The molecule has 0 aliphatic carbocycles. The summed E-state index contributed by atoms with van der Waals surface area (Å²) >= 11 is 0. The zero-order valence-electron chi connectivity index (χ0n) is 11.5. The van der Waals surface area contributed by atoms with E-state index in [0.29, 0.717) is 12.5 Å². The van der Waals surface area contributed by atoms with Gasteiger partial charge in [-0.25, -0.2) is 17.5 Å². The number of sulfonamides is 1. The summed E-state index contributed by atoms with van der Waals surface area (Å²) in [5, 5.41) is 0. The fourth-order valence-corrected chi connectivity index (χ4v) is 3.04. The summed E-state index contributed by atoms with van der Waals surface area (Å²) in [5.74, 6) is -0.204. The molecular formula is C14H22FNO2S. The average molecular weight is 287 g/mol. The molecule has 0 amide bonds. The minimum absolute atomic E-state index is 0.0159. The van der Waals surface area contributed by atoms with E-state index in [1.165, 1.54) is 18.2 Å². The molecule has 0 fully saturated rings. The second-order valence-corrected chi connectivity index (χ2v) is 6.49. The molecule has 0 bridgehead atoms. The van der Waals surface area contributed by atoms with Crippen LogP contribution in [-0.2, 0) is 10.0 Å². The van der Waals surface area contributed by atoms with Crippen molar-refractivity contribution in [1.82, 2.24) is 4.72 Å². The van der Waals surface area contributed by atoms with Crippen LogP contribution in [0, 0.1) is 11.7 Å². The topological polar surface area (TPSA) is 46.2 Å². The Hall–Kier alpha value is -0.940. The lowest BCUT2D eigenvalue weighted by Gasteiger charge is -2.15. The van der Waals surface area contributed by atoms with E-state index in [0.717, 1.165) is 31.7 Å². The van der Waals surface area contributed by atoms with Crippen LogP contribution in [0.2, 0.25) is 0 Å². The van der Waals surface area contributed by atoms with Crippen molar-refractivity contribution in [2.75, 3.05) is 6.54 Å². The number of hydrogen-bond donors (Lipinski definition) is 1. The van der Waals surface area contributed by atoms with Gasteiger partial charge in [-0.2, -0.15) is 0 Å². The Labute approximate surface area is 115 Å². The van der Waals surface area contributed by atoms with Crippen molar-refractivity contribution in [2.45, 2.75) is 44.4 Å². The maximum atomic E-state index is 13.0. The minimum atomic E-state index is -3.60. The predicted molar refractivity (Wildman–Crippen MR) is 74.9 cm³/mol. The molecule has 0 radical (unpaired) electrons. The van der Waals surface area contributed by atoms with Gasteiger partial charge in [0.25, 0.3) is 0 Å². The molecule has 108 valence electrons. The third kappa shape index (κ3) is 5.28. The second-order valence-electron chi connectivity index (χ2n) is 4.73.